The van der Waals surface area contributed by atoms with E-state index < -0.39 is 5.24 Å². The first-order chi connectivity index (χ1) is 5.45. The molecule has 2 N–H and O–H groups in total. The summed E-state index contributed by atoms with van der Waals surface area (Å²) in [6.45, 7) is 5.35. The molecule has 0 aliphatic heterocycles. The minimum Gasteiger partial charge on any atom is -0.361 e. The fourth-order valence-electron chi connectivity index (χ4n) is 0.494. The van der Waals surface area contributed by atoms with Gasteiger partial charge in [0.1, 0.15) is 0 Å². The maximum Gasteiger partial charge on any atom is 0.278 e. The summed E-state index contributed by atoms with van der Waals surface area (Å²) < 4.78 is 0. The molecular weight excluding hydrogens is 252 g/mol. The number of nitrogens with two attached hydrogens (primary N) is 1. The average Bonchev–Trinajstić information content (AvgIpc) is 1.87. The van der Waals surface area contributed by atoms with Crippen LogP contribution in [0.3, 0.4) is 0 Å². The number of thiol groups is 2. The van der Waals surface area contributed by atoms with E-state index in [1.165, 1.54) is 0 Å². The zero-order valence-corrected chi connectivity index (χ0v) is 10.4. The van der Waals surface area contributed by atoms with Gasteiger partial charge in [-0.25, -0.2) is 0 Å². The minimum absolute atomic E-state index is 0. The first-order valence-corrected chi connectivity index (χ1v) is 4.31. The van der Waals surface area contributed by atoms with Gasteiger partial charge in [0.2, 0.25) is 0 Å². The van der Waals surface area contributed by atoms with Gasteiger partial charge in [-0.3, -0.25) is 9.59 Å². The molecule has 0 radical (unpaired) electrons. The van der Waals surface area contributed by atoms with Crippen molar-refractivity contribution >= 4 is 35.7 Å². The molecule has 0 fully saturated rings. The molecule has 0 aromatic rings. The number of hydrogen-bond acceptors (Lipinski definition) is 2. The summed E-state index contributed by atoms with van der Waals surface area (Å²) in [5.74, 6) is 0. The Morgan fingerprint density at radius 1 is 1.23 bits per heavy atom. The van der Waals surface area contributed by atoms with Crippen molar-refractivity contribution in [2.75, 3.05) is 13.1 Å². The maximum absolute atomic E-state index is 10.4. The van der Waals surface area contributed by atoms with Gasteiger partial charge in [-0.1, -0.05) is 25.3 Å². The van der Waals surface area contributed by atoms with Crippen molar-refractivity contribution in [1.82, 2.24) is 4.90 Å². The number of rotatable bonds is 2. The minimum atomic E-state index is -0.639. The van der Waals surface area contributed by atoms with Crippen LogP contribution < -0.4 is 5.73 Å². The van der Waals surface area contributed by atoms with Crippen molar-refractivity contribution in [3.05, 3.63) is 0 Å². The standard InChI is InChI=1S/C5H11NOS.CH3NOS.Fe/c1-3-6(4-2)5(7)8;2-1(3)4;/h3-4H2,1-2H3,(H,7,8);(H3,2,3,4);. The molecule has 0 aliphatic rings. The average molecular weight is 266 g/mol. The third-order valence-corrected chi connectivity index (χ3v) is 1.32. The number of amides is 2. The zero-order chi connectivity index (χ0) is 10.1. The maximum atomic E-state index is 10.4. The van der Waals surface area contributed by atoms with E-state index in [1.807, 2.05) is 13.8 Å². The van der Waals surface area contributed by atoms with Gasteiger partial charge in [-0.15, -0.1) is 0 Å². The quantitative estimate of drug-likeness (QED) is 0.522. The van der Waals surface area contributed by atoms with Crippen LogP contribution in [0.5, 0.6) is 0 Å². The van der Waals surface area contributed by atoms with Gasteiger partial charge in [-0.05, 0) is 13.8 Å². The van der Waals surface area contributed by atoms with E-state index in [9.17, 15) is 4.79 Å². The van der Waals surface area contributed by atoms with Crippen LogP contribution in [0.4, 0.5) is 9.59 Å². The van der Waals surface area contributed by atoms with Gasteiger partial charge in [0.25, 0.3) is 10.5 Å². The van der Waals surface area contributed by atoms with Crippen LogP contribution in [0.2, 0.25) is 0 Å². The molecule has 0 spiro atoms. The molecule has 0 rings (SSSR count). The Morgan fingerprint density at radius 2 is 1.46 bits per heavy atom. The Kier molecular flexibility index (Phi) is 17.6. The number of hydrogen-bond donors (Lipinski definition) is 3. The second kappa shape index (κ2) is 12.2. The van der Waals surface area contributed by atoms with Gasteiger partial charge >= 0.3 is 0 Å². The van der Waals surface area contributed by atoms with Crippen LogP contribution >= 0.6 is 25.3 Å². The fourth-order valence-corrected chi connectivity index (χ4v) is 0.777. The number of carbonyl (C=O) groups is 2. The molecule has 0 bridgehead atoms. The van der Waals surface area contributed by atoms with Crippen molar-refractivity contribution in [1.29, 1.82) is 0 Å². The molecule has 4 nitrogen and oxygen atoms in total. The molecule has 80 valence electrons. The van der Waals surface area contributed by atoms with Crippen molar-refractivity contribution in [3.63, 3.8) is 0 Å². The van der Waals surface area contributed by atoms with Gasteiger partial charge in [-0.2, -0.15) is 0 Å². The third kappa shape index (κ3) is 18.9. The Balaban J connectivity index is -0.000000173. The summed E-state index contributed by atoms with van der Waals surface area (Å²) in [6, 6.07) is 0. The third-order valence-electron chi connectivity index (χ3n) is 1.03. The van der Waals surface area contributed by atoms with E-state index in [0.29, 0.717) is 0 Å². The molecule has 0 aliphatic carbocycles. The molecule has 7 heteroatoms. The van der Waals surface area contributed by atoms with Crippen LogP contribution in [-0.2, 0) is 17.1 Å². The molecule has 0 aromatic heterocycles. The SMILES string of the molecule is CCN(CC)C(=O)S.NC(=O)S.[Fe]. The second-order valence-corrected chi connectivity index (χ2v) is 2.62. The summed E-state index contributed by atoms with van der Waals surface area (Å²) in [7, 11) is 0. The summed E-state index contributed by atoms with van der Waals surface area (Å²) in [5, 5.41) is -0.782. The molecule has 0 aromatic carbocycles. The molecule has 0 saturated carbocycles. The number of carbonyl (C=O) groups excluding carboxylic acids is 2. The summed E-state index contributed by atoms with van der Waals surface area (Å²) >= 11 is 6.75. The van der Waals surface area contributed by atoms with Gasteiger partial charge in [0, 0.05) is 30.2 Å². The Morgan fingerprint density at radius 3 is 1.46 bits per heavy atom. The fraction of sp³-hybridized carbons (Fsp3) is 0.667. The predicted octanol–water partition coefficient (Wildman–Crippen LogP) is 1.37. The number of primary amides is 1. The van der Waals surface area contributed by atoms with Gasteiger partial charge in [0.05, 0.1) is 0 Å². The smallest absolute Gasteiger partial charge is 0.278 e. The van der Waals surface area contributed by atoms with Gasteiger partial charge in [0.15, 0.2) is 0 Å². The zero-order valence-electron chi connectivity index (χ0n) is 7.50. The summed E-state index contributed by atoms with van der Waals surface area (Å²) in [5.41, 5.74) is 4.34. The van der Waals surface area contributed by atoms with Crippen LogP contribution in [0.1, 0.15) is 13.8 Å². The number of nitrogens with zero attached hydrogens (tertiary/aromatic N) is 1. The van der Waals surface area contributed by atoms with Crippen LogP contribution in [0, 0.1) is 0 Å². The molecule has 13 heavy (non-hydrogen) atoms. The monoisotopic (exact) mass is 266 g/mol. The molecule has 0 atom stereocenters. The van der Waals surface area contributed by atoms with Crippen molar-refractivity contribution < 1.29 is 26.7 Å². The van der Waals surface area contributed by atoms with E-state index >= 15 is 0 Å². The largest absolute Gasteiger partial charge is 0.361 e. The molecule has 0 heterocycles. The van der Waals surface area contributed by atoms with E-state index in [2.05, 4.69) is 31.0 Å². The second-order valence-electron chi connectivity index (χ2n) is 1.79. The molecule has 2 amide bonds. The van der Waals surface area contributed by atoms with Crippen molar-refractivity contribution in [2.45, 2.75) is 13.8 Å². The van der Waals surface area contributed by atoms with Crippen molar-refractivity contribution in [2.24, 2.45) is 5.73 Å². The van der Waals surface area contributed by atoms with Gasteiger partial charge < -0.3 is 10.6 Å². The Labute approximate surface area is 99.9 Å². The van der Waals surface area contributed by atoms with Crippen LogP contribution in [0.15, 0.2) is 0 Å². The van der Waals surface area contributed by atoms with Crippen molar-refractivity contribution in [3.8, 4) is 0 Å². The van der Waals surface area contributed by atoms with Crippen LogP contribution in [0.25, 0.3) is 0 Å². The van der Waals surface area contributed by atoms with Crippen LogP contribution in [-0.4, -0.2) is 28.5 Å². The first kappa shape index (κ1) is 18.9. The van der Waals surface area contributed by atoms with E-state index in [0.717, 1.165) is 13.1 Å². The van der Waals surface area contributed by atoms with E-state index in [1.54, 1.807) is 4.90 Å². The molecule has 0 saturated heterocycles. The van der Waals surface area contributed by atoms with E-state index in [4.69, 9.17) is 4.79 Å². The Hall–Kier alpha value is 0.159. The predicted molar refractivity (Wildman–Crippen MR) is 55.9 cm³/mol. The van der Waals surface area contributed by atoms with E-state index in [-0.39, 0.29) is 22.3 Å². The molecule has 0 unspecified atom stereocenters. The Bertz CT molecular complexity index is 150. The summed E-state index contributed by atoms with van der Waals surface area (Å²) in [4.78, 5) is 21.1. The molecular formula is C6H14FeN2O2S2. The normalized spacial score (nSPS) is 7.38. The summed E-state index contributed by atoms with van der Waals surface area (Å²) in [6.07, 6.45) is 0. The first-order valence-electron chi connectivity index (χ1n) is 3.41. The topological polar surface area (TPSA) is 63.4 Å².